The molecule has 5 nitrogen and oxygen atoms in total. The summed E-state index contributed by atoms with van der Waals surface area (Å²) in [4.78, 5) is 4.79. The number of nitrogens with one attached hydrogen (secondary N) is 1. The Labute approximate surface area is 157 Å². The number of ether oxygens (including phenoxy) is 1. The summed E-state index contributed by atoms with van der Waals surface area (Å²) in [5, 5.41) is 13.1. The van der Waals surface area contributed by atoms with Gasteiger partial charge in [-0.3, -0.25) is 4.40 Å². The van der Waals surface area contributed by atoms with E-state index in [0.29, 0.717) is 6.61 Å². The Morgan fingerprint density at radius 2 is 1.74 bits per heavy atom. The average molecular weight is 359 g/mol. The molecule has 0 fully saturated rings. The second-order valence-corrected chi connectivity index (χ2v) is 6.37. The highest BCUT2D eigenvalue weighted by molar-refractivity contribution is 5.80. The van der Waals surface area contributed by atoms with E-state index in [2.05, 4.69) is 18.4 Å². The van der Waals surface area contributed by atoms with Gasteiger partial charge in [-0.1, -0.05) is 6.07 Å². The fourth-order valence-corrected chi connectivity index (χ4v) is 3.03. The number of pyridine rings is 1. The maximum absolute atomic E-state index is 9.60. The van der Waals surface area contributed by atoms with E-state index in [0.717, 1.165) is 39.7 Å². The molecule has 2 heterocycles. The molecule has 0 aliphatic carbocycles. The minimum absolute atomic E-state index is 0.236. The summed E-state index contributed by atoms with van der Waals surface area (Å²) in [7, 11) is 0. The average Bonchev–Trinajstić information content (AvgIpc) is 3.02. The molecule has 2 N–H and O–H groups in total. The van der Waals surface area contributed by atoms with Gasteiger partial charge < -0.3 is 15.2 Å². The molecule has 0 amide bonds. The van der Waals surface area contributed by atoms with Crippen molar-refractivity contribution in [1.29, 1.82) is 0 Å². The summed E-state index contributed by atoms with van der Waals surface area (Å²) in [5.41, 5.74) is 4.71. The van der Waals surface area contributed by atoms with Gasteiger partial charge in [0.05, 0.1) is 6.61 Å². The highest BCUT2D eigenvalue weighted by Gasteiger charge is 2.15. The number of hydrogen-bond donors (Lipinski definition) is 2. The number of aromatic hydroxyl groups is 1. The van der Waals surface area contributed by atoms with Crippen molar-refractivity contribution in [2.75, 3.05) is 11.9 Å². The summed E-state index contributed by atoms with van der Waals surface area (Å²) >= 11 is 0. The van der Waals surface area contributed by atoms with E-state index < -0.39 is 0 Å². The van der Waals surface area contributed by atoms with Crippen LogP contribution in [0.15, 0.2) is 66.9 Å². The third-order valence-corrected chi connectivity index (χ3v) is 4.34. The molecule has 0 aliphatic rings. The number of phenols is 1. The lowest BCUT2D eigenvalue weighted by Gasteiger charge is -2.10. The van der Waals surface area contributed by atoms with Gasteiger partial charge in [0.2, 0.25) is 0 Å². The van der Waals surface area contributed by atoms with E-state index in [1.807, 2.05) is 59.9 Å². The van der Waals surface area contributed by atoms with Gasteiger partial charge in [-0.15, -0.1) is 0 Å². The van der Waals surface area contributed by atoms with Gasteiger partial charge in [0.1, 0.15) is 28.7 Å². The highest BCUT2D eigenvalue weighted by Crippen LogP contribution is 2.32. The number of aromatic nitrogens is 2. The topological polar surface area (TPSA) is 58.8 Å². The molecule has 0 radical (unpaired) electrons. The fourth-order valence-electron chi connectivity index (χ4n) is 3.03. The number of imidazole rings is 1. The molecule has 5 heteroatoms. The number of benzene rings is 2. The molecular weight excluding hydrogens is 338 g/mol. The summed E-state index contributed by atoms with van der Waals surface area (Å²) in [6.45, 7) is 4.67. The molecule has 27 heavy (non-hydrogen) atoms. The van der Waals surface area contributed by atoms with Crippen LogP contribution in [-0.4, -0.2) is 21.1 Å². The van der Waals surface area contributed by atoms with Crippen molar-refractivity contribution in [3.05, 3.63) is 72.4 Å². The Kier molecular flexibility index (Phi) is 4.42. The lowest BCUT2D eigenvalue weighted by molar-refractivity contribution is 0.340. The van der Waals surface area contributed by atoms with Crippen LogP contribution in [0.25, 0.3) is 16.9 Å². The van der Waals surface area contributed by atoms with Crippen LogP contribution < -0.4 is 10.1 Å². The van der Waals surface area contributed by atoms with Crippen molar-refractivity contribution < 1.29 is 9.84 Å². The molecule has 0 spiro atoms. The van der Waals surface area contributed by atoms with Crippen LogP contribution in [0.4, 0.5) is 11.5 Å². The lowest BCUT2D eigenvalue weighted by atomic mass is 10.1. The third-order valence-electron chi connectivity index (χ3n) is 4.34. The molecule has 0 aliphatic heterocycles. The predicted octanol–water partition coefficient (Wildman–Crippen LogP) is 5.16. The second kappa shape index (κ2) is 7.03. The second-order valence-electron chi connectivity index (χ2n) is 6.37. The first-order chi connectivity index (χ1) is 13.1. The number of rotatable bonds is 5. The van der Waals surface area contributed by atoms with Crippen LogP contribution in [0, 0.1) is 6.92 Å². The quantitative estimate of drug-likeness (QED) is 0.517. The molecule has 0 saturated heterocycles. The number of fused-ring (bicyclic) bond motifs is 1. The van der Waals surface area contributed by atoms with Gasteiger partial charge in [0.25, 0.3) is 0 Å². The molecule has 4 rings (SSSR count). The minimum atomic E-state index is 0.236. The van der Waals surface area contributed by atoms with Crippen LogP contribution in [0.3, 0.4) is 0 Å². The Balaban J connectivity index is 1.80. The highest BCUT2D eigenvalue weighted by atomic mass is 16.5. The van der Waals surface area contributed by atoms with E-state index in [4.69, 9.17) is 9.72 Å². The van der Waals surface area contributed by atoms with Crippen LogP contribution in [0.1, 0.15) is 12.5 Å². The Morgan fingerprint density at radius 3 is 2.44 bits per heavy atom. The summed E-state index contributed by atoms with van der Waals surface area (Å²) in [6.07, 6.45) is 2.06. The summed E-state index contributed by atoms with van der Waals surface area (Å²) < 4.78 is 7.57. The van der Waals surface area contributed by atoms with Gasteiger partial charge >= 0.3 is 0 Å². The standard InChI is InChI=1S/C22H21N3O2/c1-3-27-19-11-7-17(8-12-19)23-22-21(16-5-9-18(26)10-6-16)24-20-13-4-15(2)14-25(20)22/h4-14,23,26H,3H2,1-2H3. The number of hydrogen-bond acceptors (Lipinski definition) is 4. The predicted molar refractivity (Wildman–Crippen MR) is 108 cm³/mol. The van der Waals surface area contributed by atoms with Gasteiger partial charge in [-0.25, -0.2) is 4.98 Å². The van der Waals surface area contributed by atoms with Crippen molar-refractivity contribution in [3.63, 3.8) is 0 Å². The minimum Gasteiger partial charge on any atom is -0.508 e. The van der Waals surface area contributed by atoms with Crippen molar-refractivity contribution in [1.82, 2.24) is 9.38 Å². The first-order valence-corrected chi connectivity index (χ1v) is 8.92. The Morgan fingerprint density at radius 1 is 1.00 bits per heavy atom. The molecule has 0 bridgehead atoms. The number of phenolic OH excluding ortho intramolecular Hbond substituents is 1. The zero-order chi connectivity index (χ0) is 18.8. The van der Waals surface area contributed by atoms with Gasteiger partial charge in [0, 0.05) is 17.4 Å². The largest absolute Gasteiger partial charge is 0.508 e. The Hall–Kier alpha value is -3.47. The van der Waals surface area contributed by atoms with Crippen LogP contribution in [0.5, 0.6) is 11.5 Å². The van der Waals surface area contributed by atoms with E-state index in [9.17, 15) is 5.11 Å². The van der Waals surface area contributed by atoms with Crippen molar-refractivity contribution in [2.24, 2.45) is 0 Å². The molecule has 4 aromatic rings. The van der Waals surface area contributed by atoms with Gasteiger partial charge in [-0.05, 0) is 74.0 Å². The van der Waals surface area contributed by atoms with Crippen LogP contribution in [0.2, 0.25) is 0 Å². The normalized spacial score (nSPS) is 10.9. The molecule has 0 saturated carbocycles. The SMILES string of the molecule is CCOc1ccc(Nc2c(-c3ccc(O)cc3)nc3ccc(C)cn23)cc1. The zero-order valence-electron chi connectivity index (χ0n) is 15.3. The van der Waals surface area contributed by atoms with Gasteiger partial charge in [-0.2, -0.15) is 0 Å². The number of nitrogens with zero attached hydrogens (tertiary/aromatic N) is 2. The Bertz CT molecular complexity index is 1070. The maximum atomic E-state index is 9.60. The molecule has 2 aromatic carbocycles. The smallest absolute Gasteiger partial charge is 0.143 e. The first kappa shape index (κ1) is 17.0. The van der Waals surface area contributed by atoms with E-state index in [-0.39, 0.29) is 5.75 Å². The molecule has 2 aromatic heterocycles. The zero-order valence-corrected chi connectivity index (χ0v) is 15.3. The van der Waals surface area contributed by atoms with E-state index in [1.165, 1.54) is 0 Å². The lowest BCUT2D eigenvalue weighted by Crippen LogP contribution is -1.98. The third kappa shape index (κ3) is 3.44. The first-order valence-electron chi connectivity index (χ1n) is 8.92. The van der Waals surface area contributed by atoms with Crippen LogP contribution >= 0.6 is 0 Å². The van der Waals surface area contributed by atoms with E-state index >= 15 is 0 Å². The maximum Gasteiger partial charge on any atom is 0.143 e. The van der Waals surface area contributed by atoms with Crippen molar-refractivity contribution in [2.45, 2.75) is 13.8 Å². The molecular formula is C22H21N3O2. The summed E-state index contributed by atoms with van der Waals surface area (Å²) in [5.74, 6) is 1.96. The molecule has 0 atom stereocenters. The van der Waals surface area contributed by atoms with Gasteiger partial charge in [0.15, 0.2) is 0 Å². The molecule has 136 valence electrons. The summed E-state index contributed by atoms with van der Waals surface area (Å²) in [6, 6.07) is 19.0. The van der Waals surface area contributed by atoms with E-state index in [1.54, 1.807) is 12.1 Å². The number of aryl methyl sites for hydroxylation is 1. The fraction of sp³-hybridized carbons (Fsp3) is 0.136. The number of anilines is 2. The molecule has 0 unspecified atom stereocenters. The monoisotopic (exact) mass is 359 g/mol. The van der Waals surface area contributed by atoms with Crippen molar-refractivity contribution >= 4 is 17.2 Å². The van der Waals surface area contributed by atoms with Crippen molar-refractivity contribution in [3.8, 4) is 22.8 Å². The van der Waals surface area contributed by atoms with Crippen LogP contribution in [-0.2, 0) is 0 Å².